The van der Waals surface area contributed by atoms with E-state index in [2.05, 4.69) is 17.1 Å². The van der Waals surface area contributed by atoms with E-state index in [-0.39, 0.29) is 6.04 Å². The van der Waals surface area contributed by atoms with Crippen LogP contribution in [0.25, 0.3) is 0 Å². The molecule has 0 bridgehead atoms. The second kappa shape index (κ2) is 3.96. The standard InChI is InChI=1S/C13H15N3O/c1-8-7-10(8)12-15-13(17-16-12)11(14)9-5-3-2-4-6-9/h2-6,8,10-11H,7,14H2,1H3/t8?,10?,11-/m1/s1. The summed E-state index contributed by atoms with van der Waals surface area (Å²) in [7, 11) is 0. The fraction of sp³-hybridized carbons (Fsp3) is 0.385. The van der Waals surface area contributed by atoms with Crippen LogP contribution in [0, 0.1) is 5.92 Å². The van der Waals surface area contributed by atoms with Crippen LogP contribution < -0.4 is 5.73 Å². The maximum Gasteiger partial charge on any atom is 0.248 e. The van der Waals surface area contributed by atoms with Crippen LogP contribution >= 0.6 is 0 Å². The molecule has 1 saturated carbocycles. The molecule has 1 aromatic heterocycles. The van der Waals surface area contributed by atoms with Crippen LogP contribution in [0.5, 0.6) is 0 Å². The second-order valence-corrected chi connectivity index (χ2v) is 4.70. The van der Waals surface area contributed by atoms with Crippen molar-refractivity contribution in [3.8, 4) is 0 Å². The van der Waals surface area contributed by atoms with E-state index in [0.29, 0.717) is 17.7 Å². The van der Waals surface area contributed by atoms with Crippen LogP contribution in [0.15, 0.2) is 34.9 Å². The van der Waals surface area contributed by atoms with Gasteiger partial charge in [-0.3, -0.25) is 0 Å². The van der Waals surface area contributed by atoms with E-state index in [4.69, 9.17) is 10.3 Å². The molecular weight excluding hydrogens is 214 g/mol. The molecule has 0 radical (unpaired) electrons. The van der Waals surface area contributed by atoms with Crippen LogP contribution in [-0.2, 0) is 0 Å². The lowest BCUT2D eigenvalue weighted by atomic mass is 10.1. The highest BCUT2D eigenvalue weighted by Gasteiger charge is 2.38. The maximum atomic E-state index is 6.09. The van der Waals surface area contributed by atoms with Crippen LogP contribution in [0.3, 0.4) is 0 Å². The van der Waals surface area contributed by atoms with Gasteiger partial charge in [0, 0.05) is 5.92 Å². The van der Waals surface area contributed by atoms with E-state index in [1.165, 1.54) is 0 Å². The third-order valence-electron chi connectivity index (χ3n) is 3.32. The smallest absolute Gasteiger partial charge is 0.248 e. The quantitative estimate of drug-likeness (QED) is 0.876. The van der Waals surface area contributed by atoms with Gasteiger partial charge in [-0.1, -0.05) is 42.4 Å². The number of nitrogens with two attached hydrogens (primary N) is 1. The molecule has 2 N–H and O–H groups in total. The summed E-state index contributed by atoms with van der Waals surface area (Å²) in [6.07, 6.45) is 1.15. The van der Waals surface area contributed by atoms with Crippen molar-refractivity contribution in [2.24, 2.45) is 11.7 Å². The highest BCUT2D eigenvalue weighted by atomic mass is 16.5. The highest BCUT2D eigenvalue weighted by molar-refractivity contribution is 5.23. The SMILES string of the molecule is CC1CC1c1noc([C@H](N)c2ccccc2)n1. The monoisotopic (exact) mass is 229 g/mol. The first-order chi connectivity index (χ1) is 8.25. The van der Waals surface area contributed by atoms with Gasteiger partial charge < -0.3 is 10.3 Å². The number of nitrogens with zero attached hydrogens (tertiary/aromatic N) is 2. The van der Waals surface area contributed by atoms with Crippen LogP contribution in [0.2, 0.25) is 0 Å². The van der Waals surface area contributed by atoms with Gasteiger partial charge in [0.2, 0.25) is 5.89 Å². The minimum absolute atomic E-state index is 0.327. The number of hydrogen-bond acceptors (Lipinski definition) is 4. The van der Waals surface area contributed by atoms with E-state index >= 15 is 0 Å². The molecule has 2 unspecified atom stereocenters. The summed E-state index contributed by atoms with van der Waals surface area (Å²) in [6.45, 7) is 2.19. The molecule has 17 heavy (non-hydrogen) atoms. The summed E-state index contributed by atoms with van der Waals surface area (Å²) < 4.78 is 5.24. The summed E-state index contributed by atoms with van der Waals surface area (Å²) in [5.41, 5.74) is 7.08. The molecule has 1 aliphatic rings. The van der Waals surface area contributed by atoms with Gasteiger partial charge in [-0.25, -0.2) is 0 Å². The Morgan fingerprint density at radius 3 is 2.71 bits per heavy atom. The van der Waals surface area contributed by atoms with Gasteiger partial charge in [-0.15, -0.1) is 0 Å². The molecule has 88 valence electrons. The lowest BCUT2D eigenvalue weighted by Crippen LogP contribution is -2.12. The summed E-state index contributed by atoms with van der Waals surface area (Å²) in [4.78, 5) is 4.40. The number of benzene rings is 1. The van der Waals surface area contributed by atoms with E-state index in [1.54, 1.807) is 0 Å². The topological polar surface area (TPSA) is 64.9 Å². The van der Waals surface area contributed by atoms with Gasteiger partial charge in [0.05, 0.1) is 0 Å². The molecule has 0 aliphatic heterocycles. The van der Waals surface area contributed by atoms with Crippen molar-refractivity contribution in [2.45, 2.75) is 25.3 Å². The highest BCUT2D eigenvalue weighted by Crippen LogP contribution is 2.45. The lowest BCUT2D eigenvalue weighted by molar-refractivity contribution is 0.362. The van der Waals surface area contributed by atoms with Gasteiger partial charge in [0.15, 0.2) is 5.82 Å². The average Bonchev–Trinajstić information content (AvgIpc) is 2.92. The Morgan fingerprint density at radius 2 is 2.06 bits per heavy atom. The first-order valence-corrected chi connectivity index (χ1v) is 5.89. The zero-order valence-corrected chi connectivity index (χ0v) is 9.71. The van der Waals surface area contributed by atoms with Crippen LogP contribution in [0.1, 0.15) is 42.6 Å². The zero-order valence-electron chi connectivity index (χ0n) is 9.71. The molecule has 3 rings (SSSR count). The van der Waals surface area contributed by atoms with E-state index in [9.17, 15) is 0 Å². The molecule has 2 aromatic rings. The Labute approximate surface area is 99.8 Å². The Bertz CT molecular complexity index is 508. The van der Waals surface area contributed by atoms with E-state index in [0.717, 1.165) is 17.8 Å². The summed E-state index contributed by atoms with van der Waals surface area (Å²) in [6, 6.07) is 9.47. The zero-order chi connectivity index (χ0) is 11.8. The normalized spacial score (nSPS) is 24.6. The maximum absolute atomic E-state index is 6.09. The first kappa shape index (κ1) is 10.5. The predicted molar refractivity (Wildman–Crippen MR) is 63.3 cm³/mol. The molecule has 1 aromatic carbocycles. The van der Waals surface area contributed by atoms with Crippen molar-refractivity contribution >= 4 is 0 Å². The average molecular weight is 229 g/mol. The van der Waals surface area contributed by atoms with Gasteiger partial charge in [0.25, 0.3) is 0 Å². The summed E-state index contributed by atoms with van der Waals surface area (Å²) >= 11 is 0. The van der Waals surface area contributed by atoms with Crippen LogP contribution in [0.4, 0.5) is 0 Å². The molecule has 0 saturated heterocycles. The van der Waals surface area contributed by atoms with Crippen molar-refractivity contribution in [1.82, 2.24) is 10.1 Å². The molecule has 1 aliphatic carbocycles. The summed E-state index contributed by atoms with van der Waals surface area (Å²) in [5, 5.41) is 4.01. The van der Waals surface area contributed by atoms with Gasteiger partial charge >= 0.3 is 0 Å². The predicted octanol–water partition coefficient (Wildman–Crippen LogP) is 2.24. The number of aromatic nitrogens is 2. The third kappa shape index (κ3) is 1.96. The molecule has 0 spiro atoms. The van der Waals surface area contributed by atoms with Gasteiger partial charge in [-0.05, 0) is 17.9 Å². The summed E-state index contributed by atoms with van der Waals surface area (Å²) in [5.74, 6) is 2.45. The Morgan fingerprint density at radius 1 is 1.35 bits per heavy atom. The van der Waals surface area contributed by atoms with E-state index < -0.39 is 0 Å². The largest absolute Gasteiger partial charge is 0.337 e. The Hall–Kier alpha value is -1.68. The Kier molecular flexibility index (Phi) is 2.44. The lowest BCUT2D eigenvalue weighted by Gasteiger charge is -2.05. The van der Waals surface area contributed by atoms with Crippen molar-refractivity contribution in [3.05, 3.63) is 47.6 Å². The minimum Gasteiger partial charge on any atom is -0.337 e. The third-order valence-corrected chi connectivity index (χ3v) is 3.32. The molecule has 0 amide bonds. The Balaban J connectivity index is 1.82. The molecular formula is C13H15N3O. The minimum atomic E-state index is -0.327. The van der Waals surface area contributed by atoms with Crippen LogP contribution in [-0.4, -0.2) is 10.1 Å². The van der Waals surface area contributed by atoms with Crippen molar-refractivity contribution in [3.63, 3.8) is 0 Å². The van der Waals surface area contributed by atoms with Crippen molar-refractivity contribution in [1.29, 1.82) is 0 Å². The molecule has 4 heteroatoms. The molecule has 1 heterocycles. The number of rotatable bonds is 3. The van der Waals surface area contributed by atoms with Crippen molar-refractivity contribution in [2.75, 3.05) is 0 Å². The van der Waals surface area contributed by atoms with Gasteiger partial charge in [-0.2, -0.15) is 4.98 Å². The molecule has 4 nitrogen and oxygen atoms in total. The molecule has 1 fully saturated rings. The van der Waals surface area contributed by atoms with Gasteiger partial charge in [0.1, 0.15) is 6.04 Å². The fourth-order valence-electron chi connectivity index (χ4n) is 2.01. The molecule has 3 atom stereocenters. The van der Waals surface area contributed by atoms with E-state index in [1.807, 2.05) is 30.3 Å². The second-order valence-electron chi connectivity index (χ2n) is 4.70. The number of hydrogen-bond donors (Lipinski definition) is 1. The fourth-order valence-corrected chi connectivity index (χ4v) is 2.01. The first-order valence-electron chi connectivity index (χ1n) is 5.89. The van der Waals surface area contributed by atoms with Crippen molar-refractivity contribution < 1.29 is 4.52 Å².